The second kappa shape index (κ2) is 6.68. The minimum absolute atomic E-state index is 0.239. The highest BCUT2D eigenvalue weighted by Crippen LogP contribution is 2.32. The molecule has 0 bridgehead atoms. The molecule has 6 heteroatoms. The van der Waals surface area contributed by atoms with Crippen LogP contribution in [0.1, 0.15) is 20.8 Å². The largest absolute Gasteiger partial charge is 0.444 e. The van der Waals surface area contributed by atoms with Gasteiger partial charge in [-0.05, 0) is 38.5 Å². The Bertz CT molecular complexity index is 856. The van der Waals surface area contributed by atoms with Crippen LogP contribution in [0.5, 0.6) is 0 Å². The smallest absolute Gasteiger partial charge is 0.410 e. The normalized spacial score (nSPS) is 19.1. The van der Waals surface area contributed by atoms with Gasteiger partial charge in [-0.1, -0.05) is 30.3 Å². The quantitative estimate of drug-likeness (QED) is 0.813. The maximum Gasteiger partial charge on any atom is 0.410 e. The Kier molecular flexibility index (Phi) is 4.34. The molecule has 1 fully saturated rings. The van der Waals surface area contributed by atoms with E-state index in [0.29, 0.717) is 19.0 Å². The number of aromatic nitrogens is 2. The first-order valence-electron chi connectivity index (χ1n) is 9.23. The van der Waals surface area contributed by atoms with Gasteiger partial charge in [0.25, 0.3) is 0 Å². The summed E-state index contributed by atoms with van der Waals surface area (Å²) in [5.74, 6) is 1.16. The highest BCUT2D eigenvalue weighted by molar-refractivity contribution is 5.70. The molecular formula is C21H24N4O2. The van der Waals surface area contributed by atoms with Crippen molar-refractivity contribution in [2.45, 2.75) is 26.4 Å². The number of carbonyl (C=O) groups is 1. The fourth-order valence-electron chi connectivity index (χ4n) is 3.48. The first-order valence-corrected chi connectivity index (χ1v) is 9.23. The van der Waals surface area contributed by atoms with Gasteiger partial charge in [0.1, 0.15) is 5.60 Å². The molecule has 2 aliphatic rings. The molecule has 0 radical (unpaired) electrons. The van der Waals surface area contributed by atoms with Crippen LogP contribution in [0.3, 0.4) is 0 Å². The van der Waals surface area contributed by atoms with Crippen LogP contribution in [0.2, 0.25) is 0 Å². The Balaban J connectivity index is 1.43. The van der Waals surface area contributed by atoms with Gasteiger partial charge in [-0.15, -0.1) is 10.2 Å². The van der Waals surface area contributed by atoms with Gasteiger partial charge in [0.2, 0.25) is 0 Å². The van der Waals surface area contributed by atoms with E-state index in [0.717, 1.165) is 23.6 Å². The Hall–Kier alpha value is -2.89. The number of anilines is 1. The van der Waals surface area contributed by atoms with Crippen molar-refractivity contribution in [1.29, 1.82) is 0 Å². The van der Waals surface area contributed by atoms with Crippen molar-refractivity contribution in [3.8, 4) is 11.3 Å². The summed E-state index contributed by atoms with van der Waals surface area (Å²) in [6.45, 7) is 7.79. The number of nitrogens with zero attached hydrogens (tertiary/aromatic N) is 4. The van der Waals surface area contributed by atoms with E-state index < -0.39 is 5.60 Å². The van der Waals surface area contributed by atoms with Crippen LogP contribution in [0.4, 0.5) is 10.6 Å². The lowest BCUT2D eigenvalue weighted by atomic mass is 10.1. The highest BCUT2D eigenvalue weighted by atomic mass is 16.6. The third-order valence-electron chi connectivity index (χ3n) is 4.74. The zero-order valence-corrected chi connectivity index (χ0v) is 15.9. The van der Waals surface area contributed by atoms with E-state index in [9.17, 15) is 4.79 Å². The van der Waals surface area contributed by atoms with Gasteiger partial charge in [0.05, 0.1) is 5.69 Å². The molecule has 1 saturated heterocycles. The van der Waals surface area contributed by atoms with Gasteiger partial charge in [-0.3, -0.25) is 0 Å². The molecule has 0 N–H and O–H groups in total. The van der Waals surface area contributed by atoms with Gasteiger partial charge >= 0.3 is 6.09 Å². The topological polar surface area (TPSA) is 58.6 Å². The monoisotopic (exact) mass is 364 g/mol. The molecule has 3 heterocycles. The molecule has 2 aromatic rings. The molecule has 1 aromatic carbocycles. The molecule has 1 atom stereocenters. The Morgan fingerprint density at radius 3 is 2.48 bits per heavy atom. The Morgan fingerprint density at radius 1 is 1.07 bits per heavy atom. The van der Waals surface area contributed by atoms with Crippen molar-refractivity contribution in [2.75, 3.05) is 24.5 Å². The summed E-state index contributed by atoms with van der Waals surface area (Å²) in [7, 11) is 0. The van der Waals surface area contributed by atoms with Crippen LogP contribution in [0.25, 0.3) is 11.3 Å². The number of likely N-dealkylation sites (tertiary alicyclic amines) is 1. The minimum atomic E-state index is -0.467. The Labute approximate surface area is 159 Å². The van der Waals surface area contributed by atoms with Crippen molar-refractivity contribution in [1.82, 2.24) is 15.1 Å². The summed E-state index contributed by atoms with van der Waals surface area (Å²) in [5.41, 5.74) is 2.70. The number of hydrogen-bond acceptors (Lipinski definition) is 5. The fraction of sp³-hybridized carbons (Fsp3) is 0.381. The van der Waals surface area contributed by atoms with E-state index in [1.54, 1.807) is 4.90 Å². The lowest BCUT2D eigenvalue weighted by molar-refractivity contribution is 0.0291. The van der Waals surface area contributed by atoms with Crippen molar-refractivity contribution in [3.05, 3.63) is 54.2 Å². The summed E-state index contributed by atoms with van der Waals surface area (Å²) in [6, 6.07) is 14.0. The molecule has 1 amide bonds. The Morgan fingerprint density at radius 2 is 1.85 bits per heavy atom. The molecule has 6 nitrogen and oxygen atoms in total. The number of fused-ring (bicyclic) bond motifs is 1. The lowest BCUT2D eigenvalue weighted by Crippen LogP contribution is -2.36. The number of amides is 1. The molecular weight excluding hydrogens is 340 g/mol. The zero-order chi connectivity index (χ0) is 19.0. The van der Waals surface area contributed by atoms with Crippen molar-refractivity contribution in [2.24, 2.45) is 5.92 Å². The average molecular weight is 364 g/mol. The summed E-state index contributed by atoms with van der Waals surface area (Å²) in [5, 5.41) is 8.76. The predicted molar refractivity (Wildman–Crippen MR) is 104 cm³/mol. The van der Waals surface area contributed by atoms with E-state index in [1.807, 2.05) is 63.2 Å². The molecule has 1 aromatic heterocycles. The number of ether oxygens (including phenoxy) is 1. The third kappa shape index (κ3) is 3.79. The maximum atomic E-state index is 12.3. The summed E-state index contributed by atoms with van der Waals surface area (Å²) in [6.07, 6.45) is 1.86. The SMILES string of the molecule is CC(C)(C)OC(=O)N1CC2=CN(c3ccc(-c4ccccc4)nn3)CC2C1. The summed E-state index contributed by atoms with van der Waals surface area (Å²) < 4.78 is 5.48. The van der Waals surface area contributed by atoms with Crippen molar-refractivity contribution in [3.63, 3.8) is 0 Å². The van der Waals surface area contributed by atoms with Crippen LogP contribution in [-0.4, -0.2) is 46.4 Å². The van der Waals surface area contributed by atoms with E-state index in [4.69, 9.17) is 4.74 Å². The van der Waals surface area contributed by atoms with Crippen LogP contribution >= 0.6 is 0 Å². The predicted octanol–water partition coefficient (Wildman–Crippen LogP) is 3.71. The summed E-state index contributed by atoms with van der Waals surface area (Å²) >= 11 is 0. The molecule has 0 aliphatic carbocycles. The third-order valence-corrected chi connectivity index (χ3v) is 4.74. The lowest BCUT2D eigenvalue weighted by Gasteiger charge is -2.25. The molecule has 2 aliphatic heterocycles. The van der Waals surface area contributed by atoms with E-state index >= 15 is 0 Å². The van der Waals surface area contributed by atoms with E-state index in [2.05, 4.69) is 21.3 Å². The van der Waals surface area contributed by atoms with Crippen molar-refractivity contribution < 1.29 is 9.53 Å². The molecule has 140 valence electrons. The average Bonchev–Trinajstić information content (AvgIpc) is 3.20. The molecule has 0 spiro atoms. The van der Waals surface area contributed by atoms with Gasteiger partial charge in [0.15, 0.2) is 5.82 Å². The first kappa shape index (κ1) is 17.5. The number of benzene rings is 1. The molecule has 0 saturated carbocycles. The van der Waals surface area contributed by atoms with Gasteiger partial charge in [-0.25, -0.2) is 4.79 Å². The van der Waals surface area contributed by atoms with Crippen molar-refractivity contribution >= 4 is 11.9 Å². The molecule has 4 rings (SSSR count). The molecule has 1 unspecified atom stereocenters. The van der Waals surface area contributed by atoms with E-state index in [1.165, 1.54) is 5.57 Å². The number of rotatable bonds is 2. The van der Waals surface area contributed by atoms with Crippen LogP contribution in [0.15, 0.2) is 54.2 Å². The second-order valence-corrected chi connectivity index (χ2v) is 8.06. The van der Waals surface area contributed by atoms with Crippen LogP contribution < -0.4 is 4.90 Å². The number of hydrogen-bond donors (Lipinski definition) is 0. The van der Waals surface area contributed by atoms with Crippen LogP contribution in [-0.2, 0) is 4.74 Å². The zero-order valence-electron chi connectivity index (χ0n) is 15.9. The summed E-state index contributed by atoms with van der Waals surface area (Å²) in [4.78, 5) is 16.2. The molecule has 27 heavy (non-hydrogen) atoms. The fourth-order valence-corrected chi connectivity index (χ4v) is 3.48. The van der Waals surface area contributed by atoms with Crippen LogP contribution in [0, 0.1) is 5.92 Å². The van der Waals surface area contributed by atoms with Gasteiger partial charge in [0, 0.05) is 37.3 Å². The highest BCUT2D eigenvalue weighted by Gasteiger charge is 2.37. The van der Waals surface area contributed by atoms with Gasteiger partial charge < -0.3 is 14.5 Å². The number of carbonyl (C=O) groups excluding carboxylic acids is 1. The van der Waals surface area contributed by atoms with E-state index in [-0.39, 0.29) is 6.09 Å². The second-order valence-electron chi connectivity index (χ2n) is 8.06. The maximum absolute atomic E-state index is 12.3. The van der Waals surface area contributed by atoms with Gasteiger partial charge in [-0.2, -0.15) is 0 Å². The standard InChI is InChI=1S/C21H24N4O2/c1-21(2,3)27-20(26)25-13-16-11-24(12-17(16)14-25)19-10-9-18(22-23-19)15-7-5-4-6-8-15/h4-11,17H,12-14H2,1-3H3. The minimum Gasteiger partial charge on any atom is -0.444 e. The first-order chi connectivity index (χ1) is 12.9.